The van der Waals surface area contributed by atoms with Gasteiger partial charge in [-0.1, -0.05) is 18.6 Å². The van der Waals surface area contributed by atoms with Crippen LogP contribution in [0, 0.1) is 0 Å². The summed E-state index contributed by atoms with van der Waals surface area (Å²) in [5, 5.41) is 10.4. The van der Waals surface area contributed by atoms with Crippen molar-refractivity contribution in [3.8, 4) is 0 Å². The Labute approximate surface area is 100.0 Å². The van der Waals surface area contributed by atoms with Gasteiger partial charge in [0.05, 0.1) is 21.3 Å². The van der Waals surface area contributed by atoms with E-state index in [9.17, 15) is 0 Å². The molecule has 2 aromatic rings. The fraction of sp³-hybridized carbons (Fsp3) is 0.462. The van der Waals surface area contributed by atoms with Crippen molar-refractivity contribution in [3.05, 3.63) is 29.3 Å². The van der Waals surface area contributed by atoms with Gasteiger partial charge in [0.15, 0.2) is 0 Å². The van der Waals surface area contributed by atoms with E-state index in [1.165, 1.54) is 9.71 Å². The predicted octanol–water partition coefficient (Wildman–Crippen LogP) is 3.39. The first-order chi connectivity index (χ1) is 7.75. The molecule has 0 aliphatic heterocycles. The van der Waals surface area contributed by atoms with E-state index in [1.54, 1.807) is 11.3 Å². The zero-order valence-electron chi connectivity index (χ0n) is 9.52. The van der Waals surface area contributed by atoms with Crippen molar-refractivity contribution in [1.29, 1.82) is 0 Å². The molecule has 0 aliphatic rings. The van der Waals surface area contributed by atoms with Crippen LogP contribution < -0.4 is 0 Å². The summed E-state index contributed by atoms with van der Waals surface area (Å²) in [7, 11) is 0. The van der Waals surface area contributed by atoms with Crippen molar-refractivity contribution < 1.29 is 5.11 Å². The number of aryl methyl sites for hydroxylation is 1. The standard InChI is InChI=1S/C13H17NOS/c1-10(15)6-2-5-9-13-14-11-7-3-4-8-12(11)16-13/h3-4,7-8,10,15H,2,5-6,9H2,1H3/t10-/m1/s1. The number of aliphatic hydroxyl groups excluding tert-OH is 1. The van der Waals surface area contributed by atoms with Gasteiger partial charge in [-0.3, -0.25) is 0 Å². The molecule has 0 unspecified atom stereocenters. The van der Waals surface area contributed by atoms with Crippen LogP contribution >= 0.6 is 11.3 Å². The molecule has 1 aromatic carbocycles. The number of aliphatic hydroxyl groups is 1. The van der Waals surface area contributed by atoms with Gasteiger partial charge in [0, 0.05) is 0 Å². The minimum Gasteiger partial charge on any atom is -0.393 e. The molecule has 16 heavy (non-hydrogen) atoms. The Morgan fingerprint density at radius 2 is 2.12 bits per heavy atom. The Hall–Kier alpha value is -0.930. The number of unbranched alkanes of at least 4 members (excludes halogenated alkanes) is 1. The number of hydrogen-bond donors (Lipinski definition) is 1. The maximum atomic E-state index is 9.15. The SMILES string of the molecule is C[C@@H](O)CCCCc1nc2ccccc2s1. The molecule has 2 nitrogen and oxygen atoms in total. The van der Waals surface area contributed by atoms with Crippen LogP contribution in [0.2, 0.25) is 0 Å². The Kier molecular flexibility index (Phi) is 3.91. The summed E-state index contributed by atoms with van der Waals surface area (Å²) in [6.45, 7) is 1.84. The van der Waals surface area contributed by atoms with E-state index in [0.717, 1.165) is 31.2 Å². The van der Waals surface area contributed by atoms with Crippen molar-refractivity contribution in [2.24, 2.45) is 0 Å². The van der Waals surface area contributed by atoms with Crippen LogP contribution in [0.4, 0.5) is 0 Å². The summed E-state index contributed by atoms with van der Waals surface area (Å²) < 4.78 is 1.27. The molecule has 3 heteroatoms. The normalized spacial score (nSPS) is 13.1. The highest BCUT2D eigenvalue weighted by molar-refractivity contribution is 7.18. The first-order valence-electron chi connectivity index (χ1n) is 5.78. The zero-order valence-corrected chi connectivity index (χ0v) is 10.3. The van der Waals surface area contributed by atoms with Gasteiger partial charge >= 0.3 is 0 Å². The molecule has 1 atom stereocenters. The smallest absolute Gasteiger partial charge is 0.0938 e. The van der Waals surface area contributed by atoms with Gasteiger partial charge in [0.25, 0.3) is 0 Å². The molecule has 0 bridgehead atoms. The van der Waals surface area contributed by atoms with Gasteiger partial charge in [-0.05, 0) is 38.3 Å². The number of benzene rings is 1. The van der Waals surface area contributed by atoms with Gasteiger partial charge in [0.2, 0.25) is 0 Å². The van der Waals surface area contributed by atoms with E-state index in [0.29, 0.717) is 0 Å². The van der Waals surface area contributed by atoms with Crippen molar-refractivity contribution in [2.45, 2.75) is 38.7 Å². The minimum absolute atomic E-state index is 0.171. The third-order valence-electron chi connectivity index (χ3n) is 2.60. The Balaban J connectivity index is 1.89. The number of rotatable bonds is 5. The van der Waals surface area contributed by atoms with Crippen LogP contribution in [0.1, 0.15) is 31.2 Å². The highest BCUT2D eigenvalue weighted by Gasteiger charge is 2.03. The molecule has 1 aromatic heterocycles. The van der Waals surface area contributed by atoms with E-state index in [-0.39, 0.29) is 6.10 Å². The molecule has 0 radical (unpaired) electrons. The molecule has 86 valence electrons. The molecule has 0 spiro atoms. The second-order valence-electron chi connectivity index (χ2n) is 4.17. The van der Waals surface area contributed by atoms with Crippen LogP contribution in [0.3, 0.4) is 0 Å². The summed E-state index contributed by atoms with van der Waals surface area (Å²) in [5.74, 6) is 0. The largest absolute Gasteiger partial charge is 0.393 e. The lowest BCUT2D eigenvalue weighted by Gasteiger charge is -2.01. The van der Waals surface area contributed by atoms with Gasteiger partial charge in [0.1, 0.15) is 0 Å². The number of nitrogens with zero attached hydrogens (tertiary/aromatic N) is 1. The summed E-state index contributed by atoms with van der Waals surface area (Å²) >= 11 is 1.78. The fourth-order valence-electron chi connectivity index (χ4n) is 1.74. The predicted molar refractivity (Wildman–Crippen MR) is 68.9 cm³/mol. The first-order valence-corrected chi connectivity index (χ1v) is 6.60. The Morgan fingerprint density at radius 3 is 2.88 bits per heavy atom. The second-order valence-corrected chi connectivity index (χ2v) is 5.29. The molecule has 1 heterocycles. The summed E-state index contributed by atoms with van der Waals surface area (Å²) in [6, 6.07) is 8.26. The molecule has 0 saturated carbocycles. The Morgan fingerprint density at radius 1 is 1.31 bits per heavy atom. The highest BCUT2D eigenvalue weighted by Crippen LogP contribution is 2.22. The van der Waals surface area contributed by atoms with Gasteiger partial charge in [-0.2, -0.15) is 0 Å². The topological polar surface area (TPSA) is 33.1 Å². The average Bonchev–Trinajstić information content (AvgIpc) is 2.66. The molecule has 0 amide bonds. The van der Waals surface area contributed by atoms with Crippen molar-refractivity contribution in [1.82, 2.24) is 4.98 Å². The third kappa shape index (κ3) is 3.03. The van der Waals surface area contributed by atoms with Crippen molar-refractivity contribution in [3.63, 3.8) is 0 Å². The maximum Gasteiger partial charge on any atom is 0.0938 e. The maximum absolute atomic E-state index is 9.15. The van der Waals surface area contributed by atoms with Crippen LogP contribution in [-0.4, -0.2) is 16.2 Å². The summed E-state index contributed by atoms with van der Waals surface area (Å²) in [5.41, 5.74) is 1.11. The van der Waals surface area contributed by atoms with Crippen molar-refractivity contribution in [2.75, 3.05) is 0 Å². The second kappa shape index (κ2) is 5.41. The molecule has 0 saturated heterocycles. The highest BCUT2D eigenvalue weighted by atomic mass is 32.1. The molecule has 1 N–H and O–H groups in total. The molecule has 0 fully saturated rings. The van der Waals surface area contributed by atoms with Crippen LogP contribution in [0.5, 0.6) is 0 Å². The first kappa shape index (κ1) is 11.6. The van der Waals surface area contributed by atoms with Crippen LogP contribution in [0.15, 0.2) is 24.3 Å². The lowest BCUT2D eigenvalue weighted by Crippen LogP contribution is -1.98. The molecule has 0 aliphatic carbocycles. The van der Waals surface area contributed by atoms with Crippen LogP contribution in [0.25, 0.3) is 10.2 Å². The third-order valence-corrected chi connectivity index (χ3v) is 3.70. The van der Waals surface area contributed by atoms with E-state index >= 15 is 0 Å². The summed E-state index contributed by atoms with van der Waals surface area (Å²) in [4.78, 5) is 4.59. The number of aromatic nitrogens is 1. The number of thiazole rings is 1. The van der Waals surface area contributed by atoms with Crippen molar-refractivity contribution >= 4 is 21.6 Å². The van der Waals surface area contributed by atoms with E-state index in [2.05, 4.69) is 23.2 Å². The lowest BCUT2D eigenvalue weighted by molar-refractivity contribution is 0.180. The Bertz CT molecular complexity index is 417. The lowest BCUT2D eigenvalue weighted by atomic mass is 10.1. The van der Waals surface area contributed by atoms with Gasteiger partial charge in [-0.15, -0.1) is 11.3 Å². The zero-order chi connectivity index (χ0) is 11.4. The van der Waals surface area contributed by atoms with Crippen LogP contribution in [-0.2, 0) is 6.42 Å². The quantitative estimate of drug-likeness (QED) is 0.806. The molecular weight excluding hydrogens is 218 g/mol. The van der Waals surface area contributed by atoms with Gasteiger partial charge < -0.3 is 5.11 Å². The molecule has 2 rings (SSSR count). The minimum atomic E-state index is -0.171. The monoisotopic (exact) mass is 235 g/mol. The van der Waals surface area contributed by atoms with E-state index in [1.807, 2.05) is 13.0 Å². The van der Waals surface area contributed by atoms with Gasteiger partial charge in [-0.25, -0.2) is 4.98 Å². The fourth-order valence-corrected chi connectivity index (χ4v) is 2.75. The number of fused-ring (bicyclic) bond motifs is 1. The number of para-hydroxylation sites is 1. The number of hydrogen-bond acceptors (Lipinski definition) is 3. The molecular formula is C13H17NOS. The van der Waals surface area contributed by atoms with E-state index in [4.69, 9.17) is 5.11 Å². The summed E-state index contributed by atoms with van der Waals surface area (Å²) in [6.07, 6.45) is 3.95. The average molecular weight is 235 g/mol. The van der Waals surface area contributed by atoms with E-state index < -0.39 is 0 Å².